The average Bonchev–Trinajstić information content (AvgIpc) is 2.94. The number of benzene rings is 1. The summed E-state index contributed by atoms with van der Waals surface area (Å²) in [5.74, 6) is 0.729. The highest BCUT2D eigenvalue weighted by atomic mass is 19.1. The van der Waals surface area contributed by atoms with Crippen molar-refractivity contribution < 1.29 is 13.2 Å². The van der Waals surface area contributed by atoms with E-state index >= 15 is 4.39 Å². The summed E-state index contributed by atoms with van der Waals surface area (Å²) < 4.78 is 41.8. The van der Waals surface area contributed by atoms with Crippen molar-refractivity contribution in [3.63, 3.8) is 0 Å². The van der Waals surface area contributed by atoms with Crippen LogP contribution in [0, 0.1) is 42.8 Å². The molecule has 1 aromatic rings. The summed E-state index contributed by atoms with van der Waals surface area (Å²) in [4.78, 5) is 4.87. The number of hydrogen-bond donors (Lipinski definition) is 1. The van der Waals surface area contributed by atoms with E-state index in [-0.39, 0.29) is 24.1 Å². The van der Waals surface area contributed by atoms with Gasteiger partial charge < -0.3 is 5.32 Å². The number of alkyl halides is 2. The second-order valence-corrected chi connectivity index (χ2v) is 10.8. The third-order valence-corrected chi connectivity index (χ3v) is 8.60. The summed E-state index contributed by atoms with van der Waals surface area (Å²) in [7, 11) is 0. The Morgan fingerprint density at radius 1 is 1.16 bits per heavy atom. The van der Waals surface area contributed by atoms with Gasteiger partial charge in [-0.3, -0.25) is 4.99 Å². The maximum absolute atomic E-state index is 15.9. The largest absolute Gasteiger partial charge is 0.305 e. The lowest BCUT2D eigenvalue weighted by molar-refractivity contribution is 0.180. The van der Waals surface area contributed by atoms with Crippen LogP contribution in [0.3, 0.4) is 0 Å². The van der Waals surface area contributed by atoms with E-state index in [4.69, 9.17) is 4.99 Å². The second-order valence-electron chi connectivity index (χ2n) is 10.8. The summed E-state index contributed by atoms with van der Waals surface area (Å²) in [6.07, 6.45) is 12.0. The molecule has 1 N–H and O–H groups in total. The minimum atomic E-state index is -0.815. The zero-order chi connectivity index (χ0) is 26.5. The first kappa shape index (κ1) is 27.4. The van der Waals surface area contributed by atoms with E-state index in [1.807, 2.05) is 19.9 Å². The van der Waals surface area contributed by atoms with E-state index in [9.17, 15) is 14.0 Å². The maximum Gasteiger partial charge on any atom is 0.130 e. The van der Waals surface area contributed by atoms with Crippen molar-refractivity contribution in [3.8, 4) is 6.07 Å². The zero-order valence-electron chi connectivity index (χ0n) is 22.2. The van der Waals surface area contributed by atoms with Crippen LogP contribution in [-0.4, -0.2) is 32.2 Å². The van der Waals surface area contributed by atoms with Crippen LogP contribution in [0.5, 0.6) is 0 Å². The van der Waals surface area contributed by atoms with E-state index in [1.165, 1.54) is 6.42 Å². The molecule has 0 amide bonds. The van der Waals surface area contributed by atoms with Crippen LogP contribution in [0.15, 0.2) is 40.1 Å². The van der Waals surface area contributed by atoms with Crippen LogP contribution in [0.1, 0.15) is 80.0 Å². The Balaban J connectivity index is 1.80. The summed E-state index contributed by atoms with van der Waals surface area (Å²) >= 11 is 0. The normalized spacial score (nSPS) is 26.1. The number of fused-ring (bicyclic) bond motifs is 1. The van der Waals surface area contributed by atoms with Crippen molar-refractivity contribution in [1.82, 2.24) is 5.32 Å². The van der Waals surface area contributed by atoms with Crippen LogP contribution in [0.2, 0.25) is 0 Å². The molecule has 4 rings (SSSR count). The van der Waals surface area contributed by atoms with E-state index in [1.54, 1.807) is 6.21 Å². The fraction of sp³-hybridized carbons (Fsp3) is 0.548. The number of hydrogen-bond acceptors (Lipinski definition) is 3. The van der Waals surface area contributed by atoms with Gasteiger partial charge in [-0.1, -0.05) is 44.4 Å². The fourth-order valence-corrected chi connectivity index (χ4v) is 5.96. The van der Waals surface area contributed by atoms with Crippen molar-refractivity contribution in [2.45, 2.75) is 77.7 Å². The van der Waals surface area contributed by atoms with Crippen LogP contribution in [0.4, 0.5) is 13.2 Å². The van der Waals surface area contributed by atoms with Crippen LogP contribution in [-0.2, 0) is 0 Å². The van der Waals surface area contributed by atoms with Gasteiger partial charge in [0, 0.05) is 12.8 Å². The Morgan fingerprint density at radius 2 is 1.89 bits per heavy atom. The van der Waals surface area contributed by atoms with Gasteiger partial charge in [-0.25, -0.2) is 13.2 Å². The molecule has 1 fully saturated rings. The van der Waals surface area contributed by atoms with Crippen molar-refractivity contribution in [1.29, 1.82) is 5.26 Å². The lowest BCUT2D eigenvalue weighted by Crippen LogP contribution is -2.34. The maximum atomic E-state index is 15.9. The Morgan fingerprint density at radius 3 is 2.54 bits per heavy atom. The van der Waals surface area contributed by atoms with E-state index in [2.05, 4.69) is 30.5 Å². The third-order valence-electron chi connectivity index (χ3n) is 8.60. The Labute approximate surface area is 219 Å². The summed E-state index contributed by atoms with van der Waals surface area (Å²) in [5, 5.41) is 12.8. The number of nitrogens with one attached hydrogen (secondary N) is 1. The number of aryl methyl sites for hydroxylation is 1. The number of nitriles is 1. The van der Waals surface area contributed by atoms with Crippen LogP contribution >= 0.6 is 0 Å². The summed E-state index contributed by atoms with van der Waals surface area (Å²) in [6.45, 7) is 4.75. The standard InChI is InChI=1S/C31H38F3N3/c1-19-13-28-25(11-12-35)27(14-26(23-8-6-9-23)21(3)30(28)31(34)20(19)2)29-10-5-4-7-22(18-37-29)17-36-24(15-32)16-33/h7,10,13,18,21,23-24,26,36H,4-6,8-9,11,14-17H2,1-3H3/b22-7-,29-10-,37-18+. The molecule has 2 unspecified atom stereocenters. The predicted molar refractivity (Wildman–Crippen MR) is 145 cm³/mol. The fourth-order valence-electron chi connectivity index (χ4n) is 5.96. The first-order chi connectivity index (χ1) is 17.9. The molecule has 2 aliphatic carbocycles. The lowest BCUT2D eigenvalue weighted by Gasteiger charge is -2.38. The quantitative estimate of drug-likeness (QED) is 0.392. The molecule has 0 aromatic heterocycles. The highest BCUT2D eigenvalue weighted by molar-refractivity contribution is 5.83. The van der Waals surface area contributed by atoms with Gasteiger partial charge in [0.05, 0.1) is 24.2 Å². The molecule has 3 nitrogen and oxygen atoms in total. The van der Waals surface area contributed by atoms with Gasteiger partial charge in [-0.05, 0) is 89.8 Å². The highest BCUT2D eigenvalue weighted by Gasteiger charge is 2.38. The molecule has 0 saturated heterocycles. The average molecular weight is 510 g/mol. The minimum Gasteiger partial charge on any atom is -0.305 e. The number of nitrogens with zero attached hydrogens (tertiary/aromatic N) is 2. The molecule has 0 spiro atoms. The molecule has 1 heterocycles. The first-order valence-corrected chi connectivity index (χ1v) is 13.6. The van der Waals surface area contributed by atoms with Gasteiger partial charge >= 0.3 is 0 Å². The second kappa shape index (κ2) is 12.3. The Kier molecular flexibility index (Phi) is 9.08. The zero-order valence-corrected chi connectivity index (χ0v) is 22.2. The molecule has 2 atom stereocenters. The van der Waals surface area contributed by atoms with Gasteiger partial charge in [0.15, 0.2) is 0 Å². The van der Waals surface area contributed by atoms with Gasteiger partial charge in [0.1, 0.15) is 19.2 Å². The van der Waals surface area contributed by atoms with E-state index in [0.29, 0.717) is 18.0 Å². The molecule has 0 radical (unpaired) electrons. The molecule has 198 valence electrons. The molecule has 1 saturated carbocycles. The van der Waals surface area contributed by atoms with Crippen molar-refractivity contribution in [2.75, 3.05) is 19.9 Å². The van der Waals surface area contributed by atoms with Gasteiger partial charge in [0.2, 0.25) is 0 Å². The minimum absolute atomic E-state index is 0.0434. The van der Waals surface area contributed by atoms with E-state index in [0.717, 1.165) is 71.2 Å². The molecular weight excluding hydrogens is 471 g/mol. The van der Waals surface area contributed by atoms with Crippen molar-refractivity contribution in [2.24, 2.45) is 16.8 Å². The molecule has 6 heteroatoms. The van der Waals surface area contributed by atoms with Crippen molar-refractivity contribution >= 4 is 11.8 Å². The smallest absolute Gasteiger partial charge is 0.130 e. The SMILES string of the molecule is Cc1cc2c(c(F)c1C)C(C)C(C1CCC1)CC(C1=C\CC\C=C(CNC(CF)CF)/C=N/1)=C2CC#N. The molecule has 0 bridgehead atoms. The molecule has 3 aliphatic rings. The third kappa shape index (κ3) is 5.77. The summed E-state index contributed by atoms with van der Waals surface area (Å²) in [5.41, 5.74) is 6.84. The van der Waals surface area contributed by atoms with Gasteiger partial charge in [-0.2, -0.15) is 5.26 Å². The van der Waals surface area contributed by atoms with Gasteiger partial charge in [0.25, 0.3) is 0 Å². The molecule has 1 aliphatic heterocycles. The Hall–Kier alpha value is -2.65. The first-order valence-electron chi connectivity index (χ1n) is 13.6. The Bertz CT molecular complexity index is 1160. The number of allylic oxidation sites excluding steroid dienone is 4. The summed E-state index contributed by atoms with van der Waals surface area (Å²) in [6, 6.07) is 3.60. The van der Waals surface area contributed by atoms with E-state index < -0.39 is 19.4 Å². The lowest BCUT2D eigenvalue weighted by atomic mass is 9.67. The highest BCUT2D eigenvalue weighted by Crippen LogP contribution is 2.51. The van der Waals surface area contributed by atoms with Crippen LogP contribution in [0.25, 0.3) is 5.57 Å². The van der Waals surface area contributed by atoms with Crippen LogP contribution < -0.4 is 5.32 Å². The molecule has 37 heavy (non-hydrogen) atoms. The number of rotatable bonds is 8. The molecular formula is C31H38F3N3. The predicted octanol–water partition coefficient (Wildman–Crippen LogP) is 7.61. The number of aliphatic imine (C=N–C) groups is 1. The topological polar surface area (TPSA) is 48.2 Å². The van der Waals surface area contributed by atoms with Gasteiger partial charge in [-0.15, -0.1) is 0 Å². The van der Waals surface area contributed by atoms with Crippen molar-refractivity contribution in [3.05, 3.63) is 63.1 Å². The molecule has 1 aromatic carbocycles. The monoisotopic (exact) mass is 509 g/mol. The number of halogens is 3.